The molecule has 35 heavy (non-hydrogen) atoms. The molecule has 3 heterocycles. The SMILES string of the molecule is CN(c1cc(C(F)(F)F)c(-c2cc(F)ccc2Cl)nn1)C1CC2CN(CC3CCOCC3)CC2C1. The lowest BCUT2D eigenvalue weighted by Gasteiger charge is -2.30. The summed E-state index contributed by atoms with van der Waals surface area (Å²) in [6, 6.07) is 4.38. The molecule has 0 bridgehead atoms. The van der Waals surface area contributed by atoms with Crippen molar-refractivity contribution >= 4 is 17.4 Å². The highest BCUT2D eigenvalue weighted by Crippen LogP contribution is 2.43. The first-order chi connectivity index (χ1) is 16.7. The van der Waals surface area contributed by atoms with Gasteiger partial charge in [0.25, 0.3) is 0 Å². The summed E-state index contributed by atoms with van der Waals surface area (Å²) >= 11 is 6.06. The van der Waals surface area contributed by atoms with Crippen LogP contribution in [0.3, 0.4) is 0 Å². The van der Waals surface area contributed by atoms with E-state index in [-0.39, 0.29) is 22.4 Å². The quantitative estimate of drug-likeness (QED) is 0.493. The van der Waals surface area contributed by atoms with E-state index in [4.69, 9.17) is 16.3 Å². The van der Waals surface area contributed by atoms with Crippen LogP contribution in [0.15, 0.2) is 24.3 Å². The lowest BCUT2D eigenvalue weighted by Crippen LogP contribution is -2.35. The summed E-state index contributed by atoms with van der Waals surface area (Å²) < 4.78 is 61.1. The maximum Gasteiger partial charge on any atom is 0.418 e. The van der Waals surface area contributed by atoms with E-state index < -0.39 is 23.3 Å². The second-order valence-corrected chi connectivity index (χ2v) is 10.5. The number of hydrogen-bond acceptors (Lipinski definition) is 5. The molecule has 2 aromatic rings. The van der Waals surface area contributed by atoms with Crippen molar-refractivity contribution in [2.24, 2.45) is 17.8 Å². The minimum atomic E-state index is -4.69. The normalized spacial score (nSPS) is 25.7. The van der Waals surface area contributed by atoms with Crippen molar-refractivity contribution in [1.82, 2.24) is 15.1 Å². The molecule has 1 aliphatic carbocycles. The van der Waals surface area contributed by atoms with Gasteiger partial charge in [0.1, 0.15) is 11.5 Å². The molecule has 10 heteroatoms. The first kappa shape index (κ1) is 24.7. The lowest BCUT2D eigenvalue weighted by atomic mass is 10.00. The largest absolute Gasteiger partial charge is 0.418 e. The van der Waals surface area contributed by atoms with Crippen molar-refractivity contribution in [2.45, 2.75) is 37.9 Å². The Hall–Kier alpha value is -1.97. The molecule has 0 N–H and O–H groups in total. The molecule has 2 atom stereocenters. The van der Waals surface area contributed by atoms with Gasteiger partial charge in [-0.3, -0.25) is 0 Å². The number of ether oxygens (including phenoxy) is 1. The predicted molar refractivity (Wildman–Crippen MR) is 126 cm³/mol. The predicted octanol–water partition coefficient (Wildman–Crippen LogP) is 5.53. The van der Waals surface area contributed by atoms with Crippen molar-refractivity contribution in [3.8, 4) is 11.3 Å². The number of alkyl halides is 3. The Kier molecular flexibility index (Phi) is 6.94. The second kappa shape index (κ2) is 9.82. The Morgan fingerprint density at radius 2 is 1.77 bits per heavy atom. The second-order valence-electron chi connectivity index (χ2n) is 10.1. The molecule has 1 saturated carbocycles. The number of fused-ring (bicyclic) bond motifs is 1. The minimum absolute atomic E-state index is 0.0128. The number of nitrogens with zero attached hydrogens (tertiary/aromatic N) is 4. The zero-order valence-corrected chi connectivity index (χ0v) is 20.3. The van der Waals surface area contributed by atoms with E-state index >= 15 is 0 Å². The summed E-state index contributed by atoms with van der Waals surface area (Å²) in [5.41, 5.74) is -1.56. The molecule has 2 saturated heterocycles. The average molecular weight is 513 g/mol. The van der Waals surface area contributed by atoms with Crippen LogP contribution in [0.2, 0.25) is 5.02 Å². The van der Waals surface area contributed by atoms with Crippen LogP contribution in [0.5, 0.6) is 0 Å². The molecule has 3 aliphatic rings. The molecule has 5 nitrogen and oxygen atoms in total. The monoisotopic (exact) mass is 512 g/mol. The molecular weight excluding hydrogens is 484 g/mol. The first-order valence-electron chi connectivity index (χ1n) is 12.1. The number of anilines is 1. The first-order valence-corrected chi connectivity index (χ1v) is 12.5. The van der Waals surface area contributed by atoms with Gasteiger partial charge >= 0.3 is 6.18 Å². The third-order valence-corrected chi connectivity index (χ3v) is 8.17. The van der Waals surface area contributed by atoms with E-state index in [1.165, 1.54) is 6.07 Å². The van der Waals surface area contributed by atoms with E-state index in [9.17, 15) is 17.6 Å². The molecule has 0 amide bonds. The van der Waals surface area contributed by atoms with Crippen LogP contribution in [0.1, 0.15) is 31.2 Å². The molecule has 2 unspecified atom stereocenters. The number of benzene rings is 1. The maximum absolute atomic E-state index is 14.0. The van der Waals surface area contributed by atoms with E-state index in [1.807, 2.05) is 4.90 Å². The summed E-state index contributed by atoms with van der Waals surface area (Å²) in [7, 11) is 1.78. The van der Waals surface area contributed by atoms with Crippen molar-refractivity contribution in [3.63, 3.8) is 0 Å². The Bertz CT molecular complexity index is 1050. The number of likely N-dealkylation sites (tertiary alicyclic amines) is 1. The van der Waals surface area contributed by atoms with Crippen molar-refractivity contribution in [3.05, 3.63) is 40.7 Å². The van der Waals surface area contributed by atoms with Crippen LogP contribution >= 0.6 is 11.6 Å². The topological polar surface area (TPSA) is 41.5 Å². The third-order valence-electron chi connectivity index (χ3n) is 7.84. The van der Waals surface area contributed by atoms with Gasteiger partial charge in [0.05, 0.1) is 10.6 Å². The van der Waals surface area contributed by atoms with Gasteiger partial charge in [0.2, 0.25) is 0 Å². The van der Waals surface area contributed by atoms with Gasteiger partial charge in [-0.1, -0.05) is 11.6 Å². The molecule has 3 fully saturated rings. The van der Waals surface area contributed by atoms with Gasteiger partial charge in [-0.25, -0.2) is 4.39 Å². The van der Waals surface area contributed by atoms with E-state index in [0.29, 0.717) is 17.8 Å². The Balaban J connectivity index is 1.30. The van der Waals surface area contributed by atoms with Gasteiger partial charge in [-0.15, -0.1) is 10.2 Å². The van der Waals surface area contributed by atoms with E-state index in [0.717, 1.165) is 76.7 Å². The van der Waals surface area contributed by atoms with Crippen molar-refractivity contribution in [2.75, 3.05) is 44.8 Å². The lowest BCUT2D eigenvalue weighted by molar-refractivity contribution is -0.137. The van der Waals surface area contributed by atoms with Gasteiger partial charge in [-0.2, -0.15) is 13.2 Å². The number of halogens is 5. The molecule has 5 rings (SSSR count). The fourth-order valence-corrected chi connectivity index (χ4v) is 6.17. The Morgan fingerprint density at radius 1 is 1.09 bits per heavy atom. The molecule has 1 aromatic heterocycles. The zero-order chi connectivity index (χ0) is 24.7. The van der Waals surface area contributed by atoms with Gasteiger partial charge in [-0.05, 0) is 67.7 Å². The third kappa shape index (κ3) is 5.27. The van der Waals surface area contributed by atoms with Crippen LogP contribution < -0.4 is 4.90 Å². The fraction of sp³-hybridized carbons (Fsp3) is 0.600. The highest BCUT2D eigenvalue weighted by atomic mass is 35.5. The summed E-state index contributed by atoms with van der Waals surface area (Å²) in [4.78, 5) is 4.38. The number of rotatable bonds is 5. The summed E-state index contributed by atoms with van der Waals surface area (Å²) in [5, 5.41) is 7.97. The van der Waals surface area contributed by atoms with Crippen molar-refractivity contribution in [1.29, 1.82) is 0 Å². The Morgan fingerprint density at radius 3 is 2.43 bits per heavy atom. The minimum Gasteiger partial charge on any atom is -0.381 e. The van der Waals surface area contributed by atoms with Crippen LogP contribution in [0.4, 0.5) is 23.4 Å². The zero-order valence-electron chi connectivity index (χ0n) is 19.6. The number of aromatic nitrogens is 2. The van der Waals surface area contributed by atoms with Gasteiger partial charge in [0, 0.05) is 51.5 Å². The molecule has 190 valence electrons. The average Bonchev–Trinajstić information content (AvgIpc) is 3.39. The van der Waals surface area contributed by atoms with Crippen LogP contribution in [0, 0.1) is 23.6 Å². The van der Waals surface area contributed by atoms with Gasteiger partial charge in [0.15, 0.2) is 5.82 Å². The summed E-state index contributed by atoms with van der Waals surface area (Å²) in [6.07, 6.45) is -0.603. The molecule has 0 radical (unpaired) electrons. The highest BCUT2D eigenvalue weighted by molar-refractivity contribution is 6.33. The molecule has 2 aliphatic heterocycles. The summed E-state index contributed by atoms with van der Waals surface area (Å²) in [5.74, 6) is 1.26. The molecule has 0 spiro atoms. The maximum atomic E-state index is 14.0. The van der Waals surface area contributed by atoms with Gasteiger partial charge < -0.3 is 14.5 Å². The standard InChI is InChI=1S/C25H29ClF4N4O/c1-33(19-8-16-13-34(14-17(16)9-19)12-15-4-6-35-7-5-15)23-11-21(25(28,29)30)24(32-31-23)20-10-18(27)2-3-22(20)26/h2-3,10-11,15-17,19H,4-9,12-14H2,1H3. The smallest absolute Gasteiger partial charge is 0.381 e. The van der Waals surface area contributed by atoms with E-state index in [1.54, 1.807) is 7.05 Å². The van der Waals surface area contributed by atoms with Crippen LogP contribution in [-0.4, -0.2) is 61.0 Å². The molecule has 1 aromatic carbocycles. The number of hydrogen-bond donors (Lipinski definition) is 0. The van der Waals surface area contributed by atoms with E-state index in [2.05, 4.69) is 15.1 Å². The van der Waals surface area contributed by atoms with Crippen LogP contribution in [-0.2, 0) is 10.9 Å². The Labute approximate surface area is 207 Å². The molecular formula is C25H29ClF4N4O. The van der Waals surface area contributed by atoms with Crippen molar-refractivity contribution < 1.29 is 22.3 Å². The van der Waals surface area contributed by atoms with Crippen LogP contribution in [0.25, 0.3) is 11.3 Å². The fourth-order valence-electron chi connectivity index (χ4n) is 5.96. The highest BCUT2D eigenvalue weighted by Gasteiger charge is 2.43. The summed E-state index contributed by atoms with van der Waals surface area (Å²) in [6.45, 7) is 4.90.